The number of ether oxygens (including phenoxy) is 1. The van der Waals surface area contributed by atoms with Crippen LogP contribution in [0, 0.1) is 0 Å². The Bertz CT molecular complexity index is 416. The summed E-state index contributed by atoms with van der Waals surface area (Å²) in [7, 11) is 0. The van der Waals surface area contributed by atoms with Crippen molar-refractivity contribution in [1.82, 2.24) is 5.32 Å². The maximum absolute atomic E-state index is 9.89. The molecule has 2 unspecified atom stereocenters. The second-order valence-corrected chi connectivity index (χ2v) is 7.95. The van der Waals surface area contributed by atoms with Crippen LogP contribution >= 0.6 is 35.1 Å². The van der Waals surface area contributed by atoms with Crippen LogP contribution in [0.25, 0.3) is 0 Å². The van der Waals surface area contributed by atoms with E-state index in [9.17, 15) is 5.11 Å². The number of benzene rings is 1. The summed E-state index contributed by atoms with van der Waals surface area (Å²) in [5.74, 6) is 3.71. The van der Waals surface area contributed by atoms with E-state index in [0.29, 0.717) is 30.0 Å². The molecule has 1 aliphatic rings. The lowest BCUT2D eigenvalue weighted by molar-refractivity contribution is 0.0290. The maximum atomic E-state index is 9.89. The van der Waals surface area contributed by atoms with Crippen LogP contribution in [-0.4, -0.2) is 53.4 Å². The predicted octanol–water partition coefficient (Wildman–Crippen LogP) is 2.66. The molecule has 1 aliphatic heterocycles. The first-order valence-corrected chi connectivity index (χ1v) is 9.73. The zero-order valence-corrected chi connectivity index (χ0v) is 14.4. The Morgan fingerprint density at radius 1 is 1.38 bits per heavy atom. The fraction of sp³-hybridized carbons (Fsp3) is 0.600. The van der Waals surface area contributed by atoms with Gasteiger partial charge in [-0.05, 0) is 11.6 Å². The lowest BCUT2D eigenvalue weighted by atomic mass is 10.2. The topological polar surface area (TPSA) is 41.5 Å². The van der Waals surface area contributed by atoms with Crippen LogP contribution in [0.4, 0.5) is 0 Å². The third-order valence-electron chi connectivity index (χ3n) is 3.16. The van der Waals surface area contributed by atoms with Gasteiger partial charge in [-0.3, -0.25) is 0 Å². The van der Waals surface area contributed by atoms with Gasteiger partial charge in [0.15, 0.2) is 0 Å². The minimum absolute atomic E-state index is 0.324. The van der Waals surface area contributed by atoms with E-state index in [1.165, 1.54) is 17.3 Å². The molecule has 0 spiro atoms. The first-order chi connectivity index (χ1) is 10.3. The first-order valence-electron chi connectivity index (χ1n) is 7.15. The molecule has 1 aromatic rings. The highest BCUT2D eigenvalue weighted by atomic mass is 35.5. The van der Waals surface area contributed by atoms with E-state index in [1.54, 1.807) is 0 Å². The molecule has 1 saturated heterocycles. The Kier molecular flexibility index (Phi) is 8.29. The first kappa shape index (κ1) is 17.4. The molecule has 2 atom stereocenters. The van der Waals surface area contributed by atoms with Crippen molar-refractivity contribution in [3.8, 4) is 0 Å². The van der Waals surface area contributed by atoms with Crippen molar-refractivity contribution in [2.45, 2.75) is 18.0 Å². The summed E-state index contributed by atoms with van der Waals surface area (Å²) in [4.78, 5) is 0. The zero-order chi connectivity index (χ0) is 14.9. The molecule has 1 heterocycles. The third-order valence-corrected chi connectivity index (χ3v) is 6.38. The van der Waals surface area contributed by atoms with E-state index >= 15 is 0 Å². The normalized spacial score (nSPS) is 20.4. The van der Waals surface area contributed by atoms with Crippen molar-refractivity contribution >= 4 is 35.1 Å². The van der Waals surface area contributed by atoms with Gasteiger partial charge in [-0.15, -0.1) is 0 Å². The number of halogens is 1. The molecular formula is C15H22ClNO2S2. The molecule has 1 fully saturated rings. The second-order valence-electron chi connectivity index (χ2n) is 4.99. The monoisotopic (exact) mass is 347 g/mol. The Hall–Kier alpha value is 0.0900. The predicted molar refractivity (Wildman–Crippen MR) is 93.6 cm³/mol. The van der Waals surface area contributed by atoms with Crippen molar-refractivity contribution in [3.63, 3.8) is 0 Å². The number of aliphatic hydroxyl groups excluding tert-OH is 1. The van der Waals surface area contributed by atoms with Gasteiger partial charge in [0.2, 0.25) is 0 Å². The maximum Gasteiger partial charge on any atom is 0.0897 e. The van der Waals surface area contributed by atoms with Crippen LogP contribution in [0.3, 0.4) is 0 Å². The summed E-state index contributed by atoms with van der Waals surface area (Å²) in [6.45, 7) is 2.29. The molecule has 0 radical (unpaired) electrons. The molecule has 0 bridgehead atoms. The average Bonchev–Trinajstić information content (AvgIpc) is 2.50. The molecule has 2 N–H and O–H groups in total. The molecule has 0 aromatic heterocycles. The average molecular weight is 348 g/mol. The van der Waals surface area contributed by atoms with Crippen molar-refractivity contribution in [1.29, 1.82) is 0 Å². The minimum atomic E-state index is -0.478. The number of nitrogens with one attached hydrogen (secondary N) is 1. The van der Waals surface area contributed by atoms with Gasteiger partial charge in [-0.1, -0.05) is 29.8 Å². The standard InChI is InChI=1S/C15H22ClNO2S2/c16-15-4-2-1-3-12(15)9-19-10-13(18)7-17-8-14-11-20-5-6-21-14/h1-4,13-14,17-18H,5-11H2. The van der Waals surface area contributed by atoms with Gasteiger partial charge in [0, 0.05) is 40.6 Å². The summed E-state index contributed by atoms with van der Waals surface area (Å²) in [5.41, 5.74) is 0.954. The van der Waals surface area contributed by atoms with Crippen LogP contribution in [0.2, 0.25) is 5.02 Å². The van der Waals surface area contributed by atoms with Gasteiger partial charge in [0.1, 0.15) is 0 Å². The summed E-state index contributed by atoms with van der Waals surface area (Å²) >= 11 is 10.1. The molecule has 0 saturated carbocycles. The van der Waals surface area contributed by atoms with Gasteiger partial charge in [-0.2, -0.15) is 23.5 Å². The number of rotatable bonds is 8. The number of hydrogen-bond acceptors (Lipinski definition) is 5. The summed E-state index contributed by atoms with van der Waals surface area (Å²) < 4.78 is 5.52. The fourth-order valence-corrected chi connectivity index (χ4v) is 4.88. The van der Waals surface area contributed by atoms with Gasteiger partial charge < -0.3 is 15.2 Å². The van der Waals surface area contributed by atoms with Gasteiger partial charge in [0.05, 0.1) is 19.3 Å². The largest absolute Gasteiger partial charge is 0.389 e. The second kappa shape index (κ2) is 9.98. The molecule has 0 amide bonds. The lowest BCUT2D eigenvalue weighted by Gasteiger charge is -2.22. The molecule has 3 nitrogen and oxygen atoms in total. The van der Waals surface area contributed by atoms with Crippen LogP contribution in [-0.2, 0) is 11.3 Å². The quantitative estimate of drug-likeness (QED) is 0.756. The van der Waals surface area contributed by atoms with Crippen molar-refractivity contribution < 1.29 is 9.84 Å². The van der Waals surface area contributed by atoms with Crippen LogP contribution in [0.5, 0.6) is 0 Å². The van der Waals surface area contributed by atoms with E-state index < -0.39 is 6.10 Å². The molecule has 21 heavy (non-hydrogen) atoms. The van der Waals surface area contributed by atoms with Crippen LogP contribution < -0.4 is 5.32 Å². The summed E-state index contributed by atoms with van der Waals surface area (Å²) in [6, 6.07) is 7.61. The zero-order valence-electron chi connectivity index (χ0n) is 12.0. The van der Waals surface area contributed by atoms with Gasteiger partial charge >= 0.3 is 0 Å². The Morgan fingerprint density at radius 3 is 3.00 bits per heavy atom. The Labute approximate surface area is 140 Å². The highest BCUT2D eigenvalue weighted by Crippen LogP contribution is 2.23. The molecule has 1 aromatic carbocycles. The highest BCUT2D eigenvalue weighted by molar-refractivity contribution is 8.06. The molecular weight excluding hydrogens is 326 g/mol. The number of aliphatic hydroxyl groups is 1. The van der Waals surface area contributed by atoms with Crippen molar-refractivity contribution in [3.05, 3.63) is 34.9 Å². The molecule has 0 aliphatic carbocycles. The smallest absolute Gasteiger partial charge is 0.0897 e. The van der Waals surface area contributed by atoms with Crippen molar-refractivity contribution in [2.24, 2.45) is 0 Å². The lowest BCUT2D eigenvalue weighted by Crippen LogP contribution is -2.36. The molecule has 118 valence electrons. The van der Waals surface area contributed by atoms with Crippen molar-refractivity contribution in [2.75, 3.05) is 37.0 Å². The fourth-order valence-electron chi connectivity index (χ4n) is 2.04. The van der Waals surface area contributed by atoms with Crippen LogP contribution in [0.15, 0.2) is 24.3 Å². The van der Waals surface area contributed by atoms with Gasteiger partial charge in [-0.25, -0.2) is 0 Å². The third kappa shape index (κ3) is 6.80. The summed E-state index contributed by atoms with van der Waals surface area (Å²) in [5, 5.41) is 14.6. The Balaban J connectivity index is 1.55. The Morgan fingerprint density at radius 2 is 2.24 bits per heavy atom. The van der Waals surface area contributed by atoms with E-state index in [0.717, 1.165) is 12.1 Å². The SMILES string of the molecule is OC(CNCC1CSCCS1)COCc1ccccc1Cl. The minimum Gasteiger partial charge on any atom is -0.389 e. The van der Waals surface area contributed by atoms with E-state index in [4.69, 9.17) is 16.3 Å². The number of hydrogen-bond donors (Lipinski definition) is 2. The van der Waals surface area contributed by atoms with E-state index in [1.807, 2.05) is 47.8 Å². The van der Waals surface area contributed by atoms with E-state index in [-0.39, 0.29) is 0 Å². The van der Waals surface area contributed by atoms with Crippen LogP contribution in [0.1, 0.15) is 5.56 Å². The molecule has 2 rings (SSSR count). The number of thioether (sulfide) groups is 2. The summed E-state index contributed by atoms with van der Waals surface area (Å²) in [6.07, 6.45) is -0.478. The molecule has 6 heteroatoms. The van der Waals surface area contributed by atoms with Gasteiger partial charge in [0.25, 0.3) is 0 Å². The van der Waals surface area contributed by atoms with E-state index in [2.05, 4.69) is 5.32 Å². The highest BCUT2D eigenvalue weighted by Gasteiger charge is 2.14.